The van der Waals surface area contributed by atoms with Crippen LogP contribution in [0, 0.1) is 5.92 Å². The zero-order valence-electron chi connectivity index (χ0n) is 9.40. The predicted molar refractivity (Wildman–Crippen MR) is 66.3 cm³/mol. The lowest BCUT2D eigenvalue weighted by molar-refractivity contribution is -0.141. The van der Waals surface area contributed by atoms with Crippen LogP contribution in [-0.2, 0) is 16.0 Å². The van der Waals surface area contributed by atoms with Gasteiger partial charge in [-0.05, 0) is 24.1 Å². The van der Waals surface area contributed by atoms with Crippen molar-refractivity contribution in [3.05, 3.63) is 23.8 Å². The van der Waals surface area contributed by atoms with Gasteiger partial charge in [0.05, 0.1) is 17.4 Å². The molecule has 0 spiro atoms. The Morgan fingerprint density at radius 1 is 1.59 bits per heavy atom. The standard InChI is InChI=1S/C12H13NO3S/c1-7(12(15)16)4-8-2-3-9-10(5-8)17-6-11(14)13-9/h2-3,5,7H,4,6H2,1H3,(H,13,14)(H,15,16). The molecule has 0 aromatic heterocycles. The number of anilines is 1. The molecule has 1 aliphatic rings. The second-order valence-corrected chi connectivity index (χ2v) is 5.13. The molecule has 0 saturated carbocycles. The van der Waals surface area contributed by atoms with Crippen molar-refractivity contribution >= 4 is 29.3 Å². The fourth-order valence-electron chi connectivity index (χ4n) is 1.69. The molecule has 1 aromatic rings. The number of carboxylic acids is 1. The number of carboxylic acid groups (broad SMARTS) is 1. The Balaban J connectivity index is 2.16. The van der Waals surface area contributed by atoms with Crippen LogP contribution in [0.15, 0.2) is 23.1 Å². The number of aliphatic carboxylic acids is 1. The first-order valence-corrected chi connectivity index (χ1v) is 6.33. The summed E-state index contributed by atoms with van der Waals surface area (Å²) < 4.78 is 0. The first kappa shape index (κ1) is 12.0. The number of hydrogen-bond donors (Lipinski definition) is 2. The van der Waals surface area contributed by atoms with Crippen molar-refractivity contribution in [1.82, 2.24) is 0 Å². The molecule has 1 aliphatic heterocycles. The fraction of sp³-hybridized carbons (Fsp3) is 0.333. The van der Waals surface area contributed by atoms with Crippen molar-refractivity contribution in [2.24, 2.45) is 5.92 Å². The topological polar surface area (TPSA) is 66.4 Å². The van der Waals surface area contributed by atoms with Gasteiger partial charge in [-0.15, -0.1) is 11.8 Å². The smallest absolute Gasteiger partial charge is 0.306 e. The quantitative estimate of drug-likeness (QED) is 0.862. The van der Waals surface area contributed by atoms with Gasteiger partial charge in [0.2, 0.25) is 5.91 Å². The molecule has 1 atom stereocenters. The van der Waals surface area contributed by atoms with Crippen LogP contribution in [0.5, 0.6) is 0 Å². The van der Waals surface area contributed by atoms with Crippen molar-refractivity contribution in [2.45, 2.75) is 18.2 Å². The Kier molecular flexibility index (Phi) is 3.38. The highest BCUT2D eigenvalue weighted by Crippen LogP contribution is 2.32. The van der Waals surface area contributed by atoms with Gasteiger partial charge in [-0.2, -0.15) is 0 Å². The van der Waals surface area contributed by atoms with Crippen LogP contribution in [-0.4, -0.2) is 22.7 Å². The number of hydrogen-bond acceptors (Lipinski definition) is 3. The lowest BCUT2D eigenvalue weighted by atomic mass is 10.0. The van der Waals surface area contributed by atoms with Gasteiger partial charge in [-0.3, -0.25) is 9.59 Å². The number of carbonyl (C=O) groups excluding carboxylic acids is 1. The molecule has 4 nitrogen and oxygen atoms in total. The Labute approximate surface area is 103 Å². The van der Waals surface area contributed by atoms with E-state index in [9.17, 15) is 9.59 Å². The molecule has 1 unspecified atom stereocenters. The van der Waals surface area contributed by atoms with Gasteiger partial charge in [-0.25, -0.2) is 0 Å². The summed E-state index contributed by atoms with van der Waals surface area (Å²) in [6.07, 6.45) is 0.511. The Bertz CT molecular complexity index is 473. The number of nitrogens with one attached hydrogen (secondary N) is 1. The van der Waals surface area contributed by atoms with Crippen molar-refractivity contribution in [1.29, 1.82) is 0 Å². The van der Waals surface area contributed by atoms with Gasteiger partial charge in [0.25, 0.3) is 0 Å². The second-order valence-electron chi connectivity index (χ2n) is 4.11. The first-order valence-electron chi connectivity index (χ1n) is 5.34. The summed E-state index contributed by atoms with van der Waals surface area (Å²) in [5.41, 5.74) is 1.81. The summed E-state index contributed by atoms with van der Waals surface area (Å²) in [5, 5.41) is 11.6. The second kappa shape index (κ2) is 4.79. The third kappa shape index (κ3) is 2.79. The zero-order valence-corrected chi connectivity index (χ0v) is 10.2. The minimum atomic E-state index is -0.788. The lowest BCUT2D eigenvalue weighted by Crippen LogP contribution is -2.19. The van der Waals surface area contributed by atoms with Crippen LogP contribution >= 0.6 is 11.8 Å². The van der Waals surface area contributed by atoms with E-state index in [2.05, 4.69) is 5.32 Å². The van der Waals surface area contributed by atoms with E-state index in [1.165, 1.54) is 11.8 Å². The maximum atomic E-state index is 11.2. The summed E-state index contributed by atoms with van der Waals surface area (Å²) in [6.45, 7) is 1.69. The largest absolute Gasteiger partial charge is 0.481 e. The van der Waals surface area contributed by atoms with Gasteiger partial charge in [0, 0.05) is 4.90 Å². The molecular formula is C12H13NO3S. The highest BCUT2D eigenvalue weighted by atomic mass is 32.2. The highest BCUT2D eigenvalue weighted by molar-refractivity contribution is 8.00. The van der Waals surface area contributed by atoms with Gasteiger partial charge in [0.1, 0.15) is 0 Å². The predicted octanol–water partition coefficient (Wildman–Crippen LogP) is 1.99. The SMILES string of the molecule is CC(Cc1ccc2c(c1)SCC(=O)N2)C(=O)O. The van der Waals surface area contributed by atoms with Crippen molar-refractivity contribution < 1.29 is 14.7 Å². The van der Waals surface area contributed by atoms with Gasteiger partial charge in [0.15, 0.2) is 0 Å². The Hall–Kier alpha value is -1.49. The van der Waals surface area contributed by atoms with E-state index in [0.29, 0.717) is 12.2 Å². The van der Waals surface area contributed by atoms with Crippen molar-refractivity contribution in [3.8, 4) is 0 Å². The van der Waals surface area contributed by atoms with Crippen LogP contribution in [0.3, 0.4) is 0 Å². The van der Waals surface area contributed by atoms with Crippen LogP contribution in [0.1, 0.15) is 12.5 Å². The van der Waals surface area contributed by atoms with Crippen LogP contribution in [0.4, 0.5) is 5.69 Å². The number of fused-ring (bicyclic) bond motifs is 1. The van der Waals surface area contributed by atoms with E-state index in [-0.39, 0.29) is 5.91 Å². The normalized spacial score (nSPS) is 15.9. The third-order valence-electron chi connectivity index (χ3n) is 2.64. The summed E-state index contributed by atoms with van der Waals surface area (Å²) in [7, 11) is 0. The zero-order chi connectivity index (χ0) is 12.4. The van der Waals surface area contributed by atoms with E-state index in [4.69, 9.17) is 5.11 Å². The molecule has 0 bridgehead atoms. The minimum Gasteiger partial charge on any atom is -0.481 e. The molecule has 5 heteroatoms. The van der Waals surface area contributed by atoms with E-state index >= 15 is 0 Å². The number of benzene rings is 1. The Morgan fingerprint density at radius 3 is 3.06 bits per heavy atom. The molecule has 0 fully saturated rings. The molecule has 0 aliphatic carbocycles. The molecule has 1 aromatic carbocycles. The van der Waals surface area contributed by atoms with Crippen LogP contribution in [0.25, 0.3) is 0 Å². The monoisotopic (exact) mass is 251 g/mol. The van der Waals surface area contributed by atoms with Crippen LogP contribution < -0.4 is 5.32 Å². The summed E-state index contributed by atoms with van der Waals surface area (Å²) in [6, 6.07) is 5.66. The molecule has 17 heavy (non-hydrogen) atoms. The Morgan fingerprint density at radius 2 is 2.35 bits per heavy atom. The van der Waals surface area contributed by atoms with Crippen LogP contribution in [0.2, 0.25) is 0 Å². The highest BCUT2D eigenvalue weighted by Gasteiger charge is 2.17. The first-order chi connectivity index (χ1) is 8.06. The van der Waals surface area contributed by atoms with Gasteiger partial charge in [-0.1, -0.05) is 13.0 Å². The molecule has 1 heterocycles. The molecule has 90 valence electrons. The lowest BCUT2D eigenvalue weighted by Gasteiger charge is -2.17. The average Bonchev–Trinajstić information content (AvgIpc) is 2.29. The van der Waals surface area contributed by atoms with Gasteiger partial charge >= 0.3 is 5.97 Å². The fourth-order valence-corrected chi connectivity index (χ4v) is 2.55. The number of rotatable bonds is 3. The number of amides is 1. The maximum Gasteiger partial charge on any atom is 0.306 e. The molecule has 0 saturated heterocycles. The maximum absolute atomic E-state index is 11.2. The average molecular weight is 251 g/mol. The molecule has 0 radical (unpaired) electrons. The summed E-state index contributed by atoms with van der Waals surface area (Å²) >= 11 is 1.49. The molecular weight excluding hydrogens is 238 g/mol. The summed E-state index contributed by atoms with van der Waals surface area (Å²) in [5.74, 6) is -0.751. The van der Waals surface area contributed by atoms with Crippen molar-refractivity contribution in [3.63, 3.8) is 0 Å². The minimum absolute atomic E-state index is 0.00848. The van der Waals surface area contributed by atoms with E-state index in [1.54, 1.807) is 6.92 Å². The van der Waals surface area contributed by atoms with E-state index < -0.39 is 11.9 Å². The molecule has 2 N–H and O–H groups in total. The van der Waals surface area contributed by atoms with Gasteiger partial charge < -0.3 is 10.4 Å². The van der Waals surface area contributed by atoms with Crippen molar-refractivity contribution in [2.75, 3.05) is 11.1 Å². The summed E-state index contributed by atoms with van der Waals surface area (Å²) in [4.78, 5) is 23.0. The molecule has 2 rings (SSSR count). The van der Waals surface area contributed by atoms with E-state index in [1.807, 2.05) is 18.2 Å². The van der Waals surface area contributed by atoms with E-state index in [0.717, 1.165) is 16.1 Å². The number of carbonyl (C=O) groups is 2. The third-order valence-corrected chi connectivity index (χ3v) is 3.70. The molecule has 1 amide bonds. The number of thioether (sulfide) groups is 1.